The Balaban J connectivity index is 2.57. The molecule has 0 radical (unpaired) electrons. The van der Waals surface area contributed by atoms with Crippen molar-refractivity contribution in [2.45, 2.75) is 43.2 Å². The van der Waals surface area contributed by atoms with Crippen LogP contribution >= 0.6 is 23.5 Å². The number of hydrogen-bond acceptors (Lipinski definition) is 4. The van der Waals surface area contributed by atoms with Crippen LogP contribution in [0.1, 0.15) is 26.7 Å². The summed E-state index contributed by atoms with van der Waals surface area (Å²) in [5.41, 5.74) is 2.93. The molecule has 3 atom stereocenters. The van der Waals surface area contributed by atoms with Crippen LogP contribution in [0.3, 0.4) is 0 Å². The molecule has 2 nitrogen and oxygen atoms in total. The highest BCUT2D eigenvalue weighted by molar-refractivity contribution is 8.07. The van der Waals surface area contributed by atoms with E-state index in [2.05, 4.69) is 36.0 Å². The van der Waals surface area contributed by atoms with Crippen molar-refractivity contribution in [2.75, 3.05) is 11.5 Å². The fraction of sp³-hybridized carbons (Fsp3) is 0.818. The van der Waals surface area contributed by atoms with E-state index in [1.807, 2.05) is 18.7 Å². The van der Waals surface area contributed by atoms with Crippen LogP contribution in [0.15, 0.2) is 0 Å². The van der Waals surface area contributed by atoms with Crippen molar-refractivity contribution in [1.29, 1.82) is 0 Å². The minimum atomic E-state index is 0.334. The highest BCUT2D eigenvalue weighted by Gasteiger charge is 2.30. The van der Waals surface area contributed by atoms with Gasteiger partial charge in [0.2, 0.25) is 0 Å². The van der Waals surface area contributed by atoms with Crippen molar-refractivity contribution in [3.63, 3.8) is 0 Å². The molecule has 0 saturated carbocycles. The Hall–Kier alpha value is 0.180. The summed E-state index contributed by atoms with van der Waals surface area (Å²) in [5, 5.41) is 1.34. The van der Waals surface area contributed by atoms with Crippen molar-refractivity contribution in [3.8, 4) is 11.8 Å². The van der Waals surface area contributed by atoms with Gasteiger partial charge in [-0.2, -0.15) is 23.5 Å². The van der Waals surface area contributed by atoms with Gasteiger partial charge in [0, 0.05) is 34.5 Å². The van der Waals surface area contributed by atoms with Crippen LogP contribution in [0.2, 0.25) is 0 Å². The lowest BCUT2D eigenvalue weighted by molar-refractivity contribution is 0.502. The standard InChI is InChI=1S/C11H20N2S2/c1-3-5-6-9(13-12)11-10(4-2)14-7-8-15-11/h9-11,13H,4,6-8,12H2,1-2H3. The molecule has 1 heterocycles. The topological polar surface area (TPSA) is 38.0 Å². The maximum Gasteiger partial charge on any atom is 0.0449 e. The fourth-order valence-corrected chi connectivity index (χ4v) is 5.04. The van der Waals surface area contributed by atoms with Crippen LogP contribution < -0.4 is 11.3 Å². The average molecular weight is 244 g/mol. The average Bonchev–Trinajstić information content (AvgIpc) is 2.30. The van der Waals surface area contributed by atoms with Gasteiger partial charge in [-0.25, -0.2) is 0 Å². The number of nitrogens with two attached hydrogens (primary N) is 1. The van der Waals surface area contributed by atoms with Crippen molar-refractivity contribution in [3.05, 3.63) is 0 Å². The van der Waals surface area contributed by atoms with E-state index in [9.17, 15) is 0 Å². The van der Waals surface area contributed by atoms with Crippen LogP contribution in [0.5, 0.6) is 0 Å². The minimum Gasteiger partial charge on any atom is -0.271 e. The van der Waals surface area contributed by atoms with E-state index in [-0.39, 0.29) is 0 Å². The zero-order valence-electron chi connectivity index (χ0n) is 9.45. The Bertz CT molecular complexity index is 234. The molecule has 0 bridgehead atoms. The first kappa shape index (κ1) is 13.2. The monoisotopic (exact) mass is 244 g/mol. The number of hydrogen-bond donors (Lipinski definition) is 2. The van der Waals surface area contributed by atoms with Gasteiger partial charge in [0.05, 0.1) is 0 Å². The second kappa shape index (κ2) is 7.45. The second-order valence-corrected chi connectivity index (χ2v) is 6.19. The lowest BCUT2D eigenvalue weighted by atomic mass is 10.1. The molecule has 3 unspecified atom stereocenters. The number of nitrogens with one attached hydrogen (secondary N) is 1. The van der Waals surface area contributed by atoms with Gasteiger partial charge in [-0.1, -0.05) is 6.92 Å². The molecule has 0 aromatic heterocycles. The van der Waals surface area contributed by atoms with Gasteiger partial charge in [0.15, 0.2) is 0 Å². The molecule has 3 N–H and O–H groups in total. The largest absolute Gasteiger partial charge is 0.271 e. The van der Waals surface area contributed by atoms with E-state index in [1.54, 1.807) is 0 Å². The summed E-state index contributed by atoms with van der Waals surface area (Å²) in [6, 6.07) is 0.334. The Morgan fingerprint density at radius 1 is 1.47 bits per heavy atom. The molecule has 0 aromatic rings. The highest BCUT2D eigenvalue weighted by Crippen LogP contribution is 2.35. The summed E-state index contributed by atoms with van der Waals surface area (Å²) in [6.45, 7) is 4.14. The maximum absolute atomic E-state index is 5.62. The lowest BCUT2D eigenvalue weighted by Crippen LogP contribution is -2.47. The summed E-state index contributed by atoms with van der Waals surface area (Å²) < 4.78 is 0. The lowest BCUT2D eigenvalue weighted by Gasteiger charge is -2.34. The second-order valence-electron chi connectivity index (χ2n) is 3.56. The molecule has 0 aliphatic carbocycles. The molecule has 1 aliphatic heterocycles. The maximum atomic E-state index is 5.62. The molecule has 0 aromatic carbocycles. The summed E-state index contributed by atoms with van der Waals surface area (Å²) in [4.78, 5) is 0. The molecule has 0 spiro atoms. The van der Waals surface area contributed by atoms with Crippen molar-refractivity contribution >= 4 is 23.5 Å². The number of thioether (sulfide) groups is 2. The van der Waals surface area contributed by atoms with Crippen molar-refractivity contribution in [1.82, 2.24) is 5.43 Å². The third-order valence-corrected chi connectivity index (χ3v) is 6.01. The zero-order valence-corrected chi connectivity index (χ0v) is 11.1. The Morgan fingerprint density at radius 2 is 2.20 bits per heavy atom. The van der Waals surface area contributed by atoms with E-state index < -0.39 is 0 Å². The number of rotatable bonds is 4. The van der Waals surface area contributed by atoms with Crippen molar-refractivity contribution in [2.24, 2.45) is 5.84 Å². The van der Waals surface area contributed by atoms with Gasteiger partial charge < -0.3 is 0 Å². The molecule has 4 heteroatoms. The number of hydrazine groups is 1. The molecule has 1 saturated heterocycles. The van der Waals surface area contributed by atoms with Gasteiger partial charge >= 0.3 is 0 Å². The first-order valence-electron chi connectivity index (χ1n) is 5.42. The first-order valence-corrected chi connectivity index (χ1v) is 7.52. The van der Waals surface area contributed by atoms with Crippen molar-refractivity contribution < 1.29 is 0 Å². The Morgan fingerprint density at radius 3 is 2.80 bits per heavy atom. The molecule has 1 rings (SSSR count). The fourth-order valence-electron chi connectivity index (χ4n) is 1.79. The van der Waals surface area contributed by atoms with Gasteiger partial charge in [-0.15, -0.1) is 11.8 Å². The Labute approximate surface area is 101 Å². The molecule has 15 heavy (non-hydrogen) atoms. The predicted octanol–water partition coefficient (Wildman–Crippen LogP) is 1.86. The van der Waals surface area contributed by atoms with Crippen LogP contribution in [0.4, 0.5) is 0 Å². The van der Waals surface area contributed by atoms with Gasteiger partial charge in [0.1, 0.15) is 0 Å². The molecular weight excluding hydrogens is 224 g/mol. The van der Waals surface area contributed by atoms with Crippen LogP contribution in [0, 0.1) is 11.8 Å². The quantitative estimate of drug-likeness (QED) is 0.450. The van der Waals surface area contributed by atoms with E-state index in [4.69, 9.17) is 5.84 Å². The van der Waals surface area contributed by atoms with Crippen LogP contribution in [-0.2, 0) is 0 Å². The molecule has 86 valence electrons. The Kier molecular flexibility index (Phi) is 6.58. The molecular formula is C11H20N2S2. The third kappa shape index (κ3) is 3.92. The van der Waals surface area contributed by atoms with Crippen LogP contribution in [-0.4, -0.2) is 28.0 Å². The zero-order chi connectivity index (χ0) is 11.1. The first-order chi connectivity index (χ1) is 7.33. The van der Waals surface area contributed by atoms with E-state index in [0.717, 1.165) is 11.7 Å². The molecule has 1 fully saturated rings. The SMILES string of the molecule is CC#CCC(NN)C1SCCSC1CC. The highest BCUT2D eigenvalue weighted by atomic mass is 32.2. The predicted molar refractivity (Wildman–Crippen MR) is 72.0 cm³/mol. The summed E-state index contributed by atoms with van der Waals surface area (Å²) >= 11 is 4.13. The summed E-state index contributed by atoms with van der Waals surface area (Å²) in [6.07, 6.45) is 2.09. The van der Waals surface area contributed by atoms with Gasteiger partial charge in [0.25, 0.3) is 0 Å². The van der Waals surface area contributed by atoms with E-state index in [1.165, 1.54) is 17.9 Å². The smallest absolute Gasteiger partial charge is 0.0449 e. The van der Waals surface area contributed by atoms with E-state index in [0.29, 0.717) is 11.3 Å². The normalized spacial score (nSPS) is 27.9. The van der Waals surface area contributed by atoms with Gasteiger partial charge in [-0.3, -0.25) is 11.3 Å². The molecule has 0 amide bonds. The third-order valence-electron chi connectivity index (χ3n) is 2.60. The molecule has 1 aliphatic rings. The summed E-state index contributed by atoms with van der Waals surface area (Å²) in [5.74, 6) is 14.2. The van der Waals surface area contributed by atoms with Crippen LogP contribution in [0.25, 0.3) is 0 Å². The summed E-state index contributed by atoms with van der Waals surface area (Å²) in [7, 11) is 0. The minimum absolute atomic E-state index is 0.334. The van der Waals surface area contributed by atoms with E-state index >= 15 is 0 Å². The van der Waals surface area contributed by atoms with Gasteiger partial charge in [-0.05, 0) is 13.3 Å².